The lowest BCUT2D eigenvalue weighted by Crippen LogP contribution is -2.52. The molecule has 3 saturated heterocycles. The summed E-state index contributed by atoms with van der Waals surface area (Å²) in [4.78, 5) is 59.3. The number of carboxylic acid groups (broad SMARTS) is 1. The number of halogens is 3. The summed E-state index contributed by atoms with van der Waals surface area (Å²) in [5, 5.41) is 20.9. The largest absolute Gasteiger partial charge is 0.493 e. The van der Waals surface area contributed by atoms with Crippen LogP contribution in [-0.2, 0) is 36.1 Å². The van der Waals surface area contributed by atoms with Crippen LogP contribution in [0, 0.1) is 31.4 Å². The van der Waals surface area contributed by atoms with E-state index < -0.39 is 23.7 Å². The number of aromatic nitrogens is 3. The molecule has 366 valence electrons. The first-order valence-corrected chi connectivity index (χ1v) is 24.7. The maximum absolute atomic E-state index is 15.6. The van der Waals surface area contributed by atoms with E-state index in [9.17, 15) is 28.7 Å². The van der Waals surface area contributed by atoms with Crippen molar-refractivity contribution in [3.8, 4) is 16.9 Å². The van der Waals surface area contributed by atoms with Gasteiger partial charge >= 0.3 is 5.97 Å². The zero-order chi connectivity index (χ0) is 49.0. The highest BCUT2D eigenvalue weighted by Gasteiger charge is 2.40. The van der Waals surface area contributed by atoms with E-state index in [1.807, 2.05) is 65.4 Å². The lowest BCUT2D eigenvalue weighted by molar-refractivity contribution is -0.136. The Bertz CT molecular complexity index is 3060. The van der Waals surface area contributed by atoms with Crippen LogP contribution in [0.2, 0.25) is 5.02 Å². The first-order valence-electron chi connectivity index (χ1n) is 24.3. The lowest BCUT2D eigenvalue weighted by Gasteiger charge is -2.39. The number of aryl methyl sites for hydroxylation is 3. The number of hydrogen-bond donors (Lipinski definition) is 2. The molecule has 70 heavy (non-hydrogen) atoms. The number of rotatable bonds is 14. The Balaban J connectivity index is 0.794. The molecular weight excluding hydrogens is 918 g/mol. The minimum absolute atomic E-state index is 0.159. The fourth-order valence-electron chi connectivity index (χ4n) is 11.4. The summed E-state index contributed by atoms with van der Waals surface area (Å²) >= 11 is 7.10. The fraction of sp³-hybridized carbons (Fsp3) is 0.415. The highest BCUT2D eigenvalue weighted by molar-refractivity contribution is 6.35. The molecule has 2 aromatic heterocycles. The predicted octanol–water partition coefficient (Wildman–Crippen LogP) is 7.75. The number of piperidine rings is 2. The van der Waals surface area contributed by atoms with Gasteiger partial charge < -0.3 is 29.1 Å². The van der Waals surface area contributed by atoms with Gasteiger partial charge in [0.15, 0.2) is 0 Å². The van der Waals surface area contributed by atoms with Crippen LogP contribution in [0.15, 0.2) is 60.7 Å². The Morgan fingerprint density at radius 2 is 1.67 bits per heavy atom. The molecule has 0 bridgehead atoms. The highest BCUT2D eigenvalue weighted by Crippen LogP contribution is 2.42. The quantitative estimate of drug-likeness (QED) is 0.0822. The van der Waals surface area contributed by atoms with Crippen molar-refractivity contribution in [1.82, 2.24) is 34.4 Å². The van der Waals surface area contributed by atoms with Crippen LogP contribution in [-0.4, -0.2) is 123 Å². The van der Waals surface area contributed by atoms with Crippen molar-refractivity contribution in [1.29, 1.82) is 0 Å². The number of imide groups is 1. The number of aromatic carboxylic acids is 1. The predicted molar refractivity (Wildman–Crippen MR) is 264 cm³/mol. The van der Waals surface area contributed by atoms with Crippen molar-refractivity contribution in [2.75, 3.05) is 63.9 Å². The molecule has 0 spiro atoms. The summed E-state index contributed by atoms with van der Waals surface area (Å²) < 4.78 is 39.6. The van der Waals surface area contributed by atoms with Crippen LogP contribution < -0.4 is 15.0 Å². The second kappa shape index (κ2) is 19.4. The molecule has 17 heteroatoms. The number of amides is 3. The zero-order valence-electron chi connectivity index (χ0n) is 39.7. The van der Waals surface area contributed by atoms with E-state index in [0.29, 0.717) is 73.6 Å². The van der Waals surface area contributed by atoms with Gasteiger partial charge in [0, 0.05) is 99.0 Å². The normalized spacial score (nSPS) is 18.4. The summed E-state index contributed by atoms with van der Waals surface area (Å²) in [6.07, 6.45) is 3.40. The van der Waals surface area contributed by atoms with E-state index in [2.05, 4.69) is 15.1 Å². The van der Waals surface area contributed by atoms with Gasteiger partial charge in [-0.1, -0.05) is 29.8 Å². The first kappa shape index (κ1) is 47.3. The molecule has 14 nitrogen and oxygen atoms in total. The van der Waals surface area contributed by atoms with E-state index in [1.54, 1.807) is 12.1 Å². The van der Waals surface area contributed by atoms with Crippen molar-refractivity contribution in [2.45, 2.75) is 71.5 Å². The van der Waals surface area contributed by atoms with Gasteiger partial charge in [-0.2, -0.15) is 5.10 Å². The molecule has 4 aliphatic rings. The Labute approximate surface area is 409 Å². The number of hydrogen-bond acceptors (Lipinski definition) is 9. The van der Waals surface area contributed by atoms with Gasteiger partial charge in [0.25, 0.3) is 5.91 Å². The molecule has 1 atom stereocenters. The topological polar surface area (TPSA) is 145 Å². The van der Waals surface area contributed by atoms with Crippen LogP contribution >= 0.6 is 11.6 Å². The van der Waals surface area contributed by atoms with E-state index in [-0.39, 0.29) is 48.3 Å². The van der Waals surface area contributed by atoms with E-state index in [4.69, 9.17) is 21.4 Å². The van der Waals surface area contributed by atoms with E-state index in [0.717, 1.165) is 95.3 Å². The lowest BCUT2D eigenvalue weighted by atomic mass is 9.96. The number of piperazine rings is 1. The number of anilines is 1. The second-order valence-electron chi connectivity index (χ2n) is 19.3. The van der Waals surface area contributed by atoms with Crippen molar-refractivity contribution in [2.24, 2.45) is 13.0 Å². The van der Waals surface area contributed by atoms with Crippen molar-refractivity contribution in [3.05, 3.63) is 111 Å². The number of fused-ring (bicyclic) bond motifs is 3. The third-order valence-corrected chi connectivity index (χ3v) is 15.4. The number of nitrogens with zero attached hydrogens (tertiary/aromatic N) is 7. The van der Waals surface area contributed by atoms with Crippen LogP contribution in [0.4, 0.5) is 14.5 Å². The molecule has 3 fully saturated rings. The van der Waals surface area contributed by atoms with Crippen molar-refractivity contribution >= 4 is 62.7 Å². The molecule has 4 aromatic carbocycles. The van der Waals surface area contributed by atoms with Crippen LogP contribution in [0.3, 0.4) is 0 Å². The molecular formula is C53H57ClF2N8O6. The molecule has 0 saturated carbocycles. The van der Waals surface area contributed by atoms with Crippen molar-refractivity contribution in [3.63, 3.8) is 0 Å². The third kappa shape index (κ3) is 9.01. The average molecular weight is 976 g/mol. The van der Waals surface area contributed by atoms with Gasteiger partial charge in [-0.15, -0.1) is 0 Å². The monoisotopic (exact) mass is 974 g/mol. The smallest absolute Gasteiger partial charge is 0.352 e. The van der Waals surface area contributed by atoms with Crippen LogP contribution in [0.25, 0.3) is 32.8 Å². The summed E-state index contributed by atoms with van der Waals surface area (Å²) in [5.74, 6) is -1.88. The van der Waals surface area contributed by atoms with Gasteiger partial charge in [0.2, 0.25) is 11.8 Å². The summed E-state index contributed by atoms with van der Waals surface area (Å²) in [6, 6.07) is 16.3. The van der Waals surface area contributed by atoms with Crippen molar-refractivity contribution < 1.29 is 37.8 Å². The first-order chi connectivity index (χ1) is 33.7. The summed E-state index contributed by atoms with van der Waals surface area (Å²) in [7, 11) is 1.90. The third-order valence-electron chi connectivity index (χ3n) is 15.0. The van der Waals surface area contributed by atoms with Gasteiger partial charge in [0.05, 0.1) is 28.5 Å². The number of carboxylic acids is 1. The molecule has 6 heterocycles. The minimum Gasteiger partial charge on any atom is -0.493 e. The molecule has 3 amide bonds. The molecule has 1 unspecified atom stereocenters. The molecule has 4 aliphatic heterocycles. The molecule has 2 N–H and O–H groups in total. The van der Waals surface area contributed by atoms with Gasteiger partial charge in [-0.3, -0.25) is 29.3 Å². The average Bonchev–Trinajstić information content (AvgIpc) is 3.92. The number of ether oxygens (including phenoxy) is 1. The number of carbonyl (C=O) groups excluding carboxylic acids is 3. The summed E-state index contributed by atoms with van der Waals surface area (Å²) in [6.45, 7) is 11.1. The molecule has 6 aromatic rings. The number of nitrogens with one attached hydrogen (secondary N) is 1. The number of carbonyl (C=O) groups is 4. The Morgan fingerprint density at radius 1 is 0.900 bits per heavy atom. The van der Waals surface area contributed by atoms with Gasteiger partial charge in [-0.25, -0.2) is 13.6 Å². The Hall–Kier alpha value is -6.36. The summed E-state index contributed by atoms with van der Waals surface area (Å²) in [5.41, 5.74) is 6.58. The fourth-order valence-corrected chi connectivity index (χ4v) is 11.6. The second-order valence-corrected chi connectivity index (χ2v) is 19.7. The Morgan fingerprint density at radius 3 is 2.40 bits per heavy atom. The molecule has 0 aliphatic carbocycles. The van der Waals surface area contributed by atoms with E-state index in [1.165, 1.54) is 23.1 Å². The van der Waals surface area contributed by atoms with Gasteiger partial charge in [0.1, 0.15) is 29.1 Å². The van der Waals surface area contributed by atoms with Gasteiger partial charge in [-0.05, 0) is 124 Å². The molecule has 0 radical (unpaired) electrons. The minimum atomic E-state index is -1.01. The SMILES string of the molecule is Cc1nn(C)c(C)c1-c1c(Cl)ccc2c(CCCOc3cccc4cc(F)ccc34)c(C(=O)O)n(CCN3CCC(CN4CCN(c5cc6c(cc5F)C(=O)N(C5CCC(=O)NC5=O)C6)CC4)CC3)c12. The van der Waals surface area contributed by atoms with Crippen LogP contribution in [0.5, 0.6) is 5.75 Å². The maximum Gasteiger partial charge on any atom is 0.352 e. The Kier molecular flexibility index (Phi) is 13.1. The zero-order valence-corrected chi connectivity index (χ0v) is 40.5. The van der Waals surface area contributed by atoms with E-state index >= 15 is 4.39 Å². The number of benzene rings is 4. The van der Waals surface area contributed by atoms with Crippen LogP contribution in [0.1, 0.15) is 75.5 Å². The maximum atomic E-state index is 15.6. The standard InChI is InChI=1S/C53H57ClF2N8O6/c1-31-47(32(2)59(3)58-31)48-41(54)12-11-39-38(7-5-25-70-45-8-4-6-34-26-36(55)9-10-37(34)45)50(53(68)69)63(49(39)48)24-21-60-17-15-33(16-18-60)29-61-19-22-62(23-20-61)44-27-35-30-64(52(67)40(35)28-42(44)56)43-13-14-46(65)57-51(43)66/h4,6,8-12,26-28,33,43H,5,7,13-25,29-30H2,1-3H3,(H,68,69)(H,57,65,66). The highest BCUT2D eigenvalue weighted by atomic mass is 35.5. The molecule has 10 rings (SSSR count). The number of likely N-dealkylation sites (tertiary alicyclic amines) is 1.